The third-order valence-corrected chi connectivity index (χ3v) is 2.61. The highest BCUT2D eigenvalue weighted by Crippen LogP contribution is 2.16. The zero-order valence-electron chi connectivity index (χ0n) is 9.62. The Hall–Kier alpha value is -1.33. The molecule has 0 spiro atoms. The molecule has 1 unspecified atom stereocenters. The van der Waals surface area contributed by atoms with Gasteiger partial charge in [-0.2, -0.15) is 5.26 Å². The van der Waals surface area contributed by atoms with Gasteiger partial charge in [-0.25, -0.2) is 0 Å². The maximum Gasteiger partial charge on any atom is 0.0666 e. The van der Waals surface area contributed by atoms with Crippen molar-refractivity contribution in [1.29, 1.82) is 5.26 Å². The van der Waals surface area contributed by atoms with E-state index in [9.17, 15) is 0 Å². The van der Waals surface area contributed by atoms with Crippen molar-refractivity contribution in [3.05, 3.63) is 35.4 Å². The van der Waals surface area contributed by atoms with Gasteiger partial charge in [0.25, 0.3) is 0 Å². The second-order valence-corrected chi connectivity index (χ2v) is 4.02. The number of nitriles is 1. The van der Waals surface area contributed by atoms with Gasteiger partial charge in [0, 0.05) is 12.6 Å². The van der Waals surface area contributed by atoms with Crippen LogP contribution in [0.25, 0.3) is 0 Å². The van der Waals surface area contributed by atoms with E-state index in [1.54, 1.807) is 0 Å². The van der Waals surface area contributed by atoms with E-state index in [1.807, 2.05) is 19.1 Å². The third-order valence-electron chi connectivity index (χ3n) is 2.61. The van der Waals surface area contributed by atoms with Gasteiger partial charge in [0.15, 0.2) is 0 Å². The lowest BCUT2D eigenvalue weighted by Gasteiger charge is -2.17. The number of nitrogens with zero attached hydrogens (tertiary/aromatic N) is 1. The van der Waals surface area contributed by atoms with Crippen molar-refractivity contribution in [3.63, 3.8) is 0 Å². The van der Waals surface area contributed by atoms with Gasteiger partial charge in [-0.05, 0) is 31.9 Å². The SMILES string of the molecule is Cc1ccccc1[C@H](C)NCC(C)C#N. The van der Waals surface area contributed by atoms with Gasteiger partial charge in [-0.15, -0.1) is 0 Å². The minimum Gasteiger partial charge on any atom is -0.309 e. The number of aryl methyl sites for hydroxylation is 1. The molecule has 0 saturated heterocycles. The maximum atomic E-state index is 8.68. The molecule has 1 aromatic rings. The van der Waals surface area contributed by atoms with E-state index in [0.717, 1.165) is 6.54 Å². The van der Waals surface area contributed by atoms with Crippen molar-refractivity contribution in [2.45, 2.75) is 26.8 Å². The predicted octanol–water partition coefficient (Wildman–Crippen LogP) is 2.81. The summed E-state index contributed by atoms with van der Waals surface area (Å²) in [6.07, 6.45) is 0. The van der Waals surface area contributed by atoms with E-state index in [0.29, 0.717) is 6.04 Å². The molecule has 1 N–H and O–H groups in total. The van der Waals surface area contributed by atoms with E-state index >= 15 is 0 Å². The Morgan fingerprint density at radius 1 is 1.33 bits per heavy atom. The summed E-state index contributed by atoms with van der Waals surface area (Å²) >= 11 is 0. The summed E-state index contributed by atoms with van der Waals surface area (Å²) in [5.74, 6) is 0.0662. The molecule has 0 fully saturated rings. The molecule has 0 radical (unpaired) electrons. The molecule has 15 heavy (non-hydrogen) atoms. The number of rotatable bonds is 4. The summed E-state index contributed by atoms with van der Waals surface area (Å²) in [6, 6.07) is 10.9. The number of benzene rings is 1. The number of hydrogen-bond acceptors (Lipinski definition) is 2. The van der Waals surface area contributed by atoms with Crippen LogP contribution in [0.4, 0.5) is 0 Å². The fraction of sp³-hybridized carbons (Fsp3) is 0.462. The number of nitrogens with one attached hydrogen (secondary N) is 1. The van der Waals surface area contributed by atoms with Gasteiger partial charge in [-0.1, -0.05) is 24.3 Å². The third kappa shape index (κ3) is 3.38. The Balaban J connectivity index is 2.58. The summed E-state index contributed by atoms with van der Waals surface area (Å²) in [5, 5.41) is 12.1. The van der Waals surface area contributed by atoms with Crippen LogP contribution in [-0.4, -0.2) is 6.54 Å². The Morgan fingerprint density at radius 3 is 2.60 bits per heavy atom. The summed E-state index contributed by atoms with van der Waals surface area (Å²) in [6.45, 7) is 6.91. The van der Waals surface area contributed by atoms with Crippen LogP contribution in [-0.2, 0) is 0 Å². The Labute approximate surface area is 91.9 Å². The van der Waals surface area contributed by atoms with Crippen molar-refractivity contribution in [3.8, 4) is 6.07 Å². The normalized spacial score (nSPS) is 14.3. The highest BCUT2D eigenvalue weighted by atomic mass is 14.9. The quantitative estimate of drug-likeness (QED) is 0.815. The topological polar surface area (TPSA) is 35.8 Å². The van der Waals surface area contributed by atoms with Gasteiger partial charge in [-0.3, -0.25) is 0 Å². The fourth-order valence-electron chi connectivity index (χ4n) is 1.58. The summed E-state index contributed by atoms with van der Waals surface area (Å²) in [4.78, 5) is 0. The van der Waals surface area contributed by atoms with E-state index in [1.165, 1.54) is 11.1 Å². The lowest BCUT2D eigenvalue weighted by molar-refractivity contribution is 0.526. The molecule has 0 amide bonds. The first kappa shape index (κ1) is 11.7. The second kappa shape index (κ2) is 5.53. The highest BCUT2D eigenvalue weighted by Gasteiger charge is 2.08. The van der Waals surface area contributed by atoms with E-state index in [2.05, 4.69) is 37.4 Å². The molecule has 0 bridgehead atoms. The molecule has 2 atom stereocenters. The van der Waals surface area contributed by atoms with Crippen molar-refractivity contribution >= 4 is 0 Å². The van der Waals surface area contributed by atoms with Crippen LogP contribution in [0.5, 0.6) is 0 Å². The van der Waals surface area contributed by atoms with Crippen LogP contribution in [0.1, 0.15) is 31.0 Å². The number of hydrogen-bond donors (Lipinski definition) is 1. The van der Waals surface area contributed by atoms with Crippen LogP contribution in [0.3, 0.4) is 0 Å². The summed E-state index contributed by atoms with van der Waals surface area (Å²) < 4.78 is 0. The standard InChI is InChI=1S/C13H18N2/c1-10(8-14)9-15-12(3)13-7-5-4-6-11(13)2/h4-7,10,12,15H,9H2,1-3H3/t10?,12-/m0/s1. The maximum absolute atomic E-state index is 8.68. The van der Waals surface area contributed by atoms with Crippen molar-refractivity contribution in [1.82, 2.24) is 5.32 Å². The van der Waals surface area contributed by atoms with Gasteiger partial charge >= 0.3 is 0 Å². The zero-order valence-corrected chi connectivity index (χ0v) is 9.62. The van der Waals surface area contributed by atoms with Gasteiger partial charge in [0.1, 0.15) is 0 Å². The monoisotopic (exact) mass is 202 g/mol. The minimum absolute atomic E-state index is 0.0662. The van der Waals surface area contributed by atoms with Crippen LogP contribution >= 0.6 is 0 Å². The van der Waals surface area contributed by atoms with Crippen molar-refractivity contribution in [2.24, 2.45) is 5.92 Å². The van der Waals surface area contributed by atoms with Crippen LogP contribution in [0.15, 0.2) is 24.3 Å². The Kier molecular flexibility index (Phi) is 4.33. The van der Waals surface area contributed by atoms with Crippen LogP contribution < -0.4 is 5.32 Å². The summed E-state index contributed by atoms with van der Waals surface area (Å²) in [5.41, 5.74) is 2.60. The van der Waals surface area contributed by atoms with Crippen molar-refractivity contribution in [2.75, 3.05) is 6.54 Å². The lowest BCUT2D eigenvalue weighted by atomic mass is 10.0. The van der Waals surface area contributed by atoms with Gasteiger partial charge in [0.05, 0.1) is 12.0 Å². The molecule has 0 saturated carbocycles. The smallest absolute Gasteiger partial charge is 0.0666 e. The molecule has 1 aromatic carbocycles. The molecule has 0 aromatic heterocycles. The average molecular weight is 202 g/mol. The second-order valence-electron chi connectivity index (χ2n) is 4.02. The van der Waals surface area contributed by atoms with E-state index in [4.69, 9.17) is 5.26 Å². The first-order valence-corrected chi connectivity index (χ1v) is 5.33. The molecule has 0 heterocycles. The average Bonchev–Trinajstić information content (AvgIpc) is 2.26. The molecular formula is C13H18N2. The molecular weight excluding hydrogens is 184 g/mol. The minimum atomic E-state index is 0.0662. The molecule has 0 aliphatic heterocycles. The molecule has 0 aliphatic carbocycles. The molecule has 0 aliphatic rings. The zero-order chi connectivity index (χ0) is 11.3. The van der Waals surface area contributed by atoms with E-state index in [-0.39, 0.29) is 5.92 Å². The van der Waals surface area contributed by atoms with Gasteiger partial charge < -0.3 is 5.32 Å². The van der Waals surface area contributed by atoms with Crippen LogP contribution in [0.2, 0.25) is 0 Å². The van der Waals surface area contributed by atoms with Crippen LogP contribution in [0, 0.1) is 24.2 Å². The summed E-state index contributed by atoms with van der Waals surface area (Å²) in [7, 11) is 0. The Morgan fingerprint density at radius 2 is 2.00 bits per heavy atom. The Bertz CT molecular complexity index is 352. The first-order valence-electron chi connectivity index (χ1n) is 5.33. The molecule has 2 heteroatoms. The van der Waals surface area contributed by atoms with Crippen molar-refractivity contribution < 1.29 is 0 Å². The first-order chi connectivity index (χ1) is 7.15. The highest BCUT2D eigenvalue weighted by molar-refractivity contribution is 5.28. The molecule has 1 rings (SSSR count). The fourth-order valence-corrected chi connectivity index (χ4v) is 1.58. The molecule has 80 valence electrons. The van der Waals surface area contributed by atoms with E-state index < -0.39 is 0 Å². The predicted molar refractivity (Wildman–Crippen MR) is 62.4 cm³/mol. The largest absolute Gasteiger partial charge is 0.309 e. The molecule has 2 nitrogen and oxygen atoms in total. The lowest BCUT2D eigenvalue weighted by Crippen LogP contribution is -2.24. The van der Waals surface area contributed by atoms with Gasteiger partial charge in [0.2, 0.25) is 0 Å².